The van der Waals surface area contributed by atoms with E-state index >= 15 is 0 Å². The predicted octanol–water partition coefficient (Wildman–Crippen LogP) is 2.50. The Morgan fingerprint density at radius 2 is 2.27 bits per heavy atom. The second-order valence-corrected chi connectivity index (χ2v) is 3.68. The molecule has 0 aromatic carbocycles. The third-order valence-electron chi connectivity index (χ3n) is 2.54. The number of hydrogen-bond acceptors (Lipinski definition) is 1. The van der Waals surface area contributed by atoms with Gasteiger partial charge in [-0.25, -0.2) is 0 Å². The van der Waals surface area contributed by atoms with Gasteiger partial charge in [0.2, 0.25) is 0 Å². The van der Waals surface area contributed by atoms with Crippen molar-refractivity contribution in [1.82, 2.24) is 0 Å². The van der Waals surface area contributed by atoms with E-state index in [9.17, 15) is 5.11 Å². The molecule has 0 radical (unpaired) electrons. The summed E-state index contributed by atoms with van der Waals surface area (Å²) in [6, 6.07) is 0. The smallest absolute Gasteiger partial charge is 0.0540 e. The summed E-state index contributed by atoms with van der Waals surface area (Å²) in [5.41, 5.74) is 1.55. The first-order valence-corrected chi connectivity index (χ1v) is 4.56. The van der Waals surface area contributed by atoms with Crippen molar-refractivity contribution in [3.8, 4) is 0 Å². The van der Waals surface area contributed by atoms with Gasteiger partial charge in [-0.1, -0.05) is 18.6 Å². The van der Waals surface area contributed by atoms with Gasteiger partial charge in [-0.3, -0.25) is 0 Å². The number of aliphatic hydroxyl groups excluding tert-OH is 1. The highest BCUT2D eigenvalue weighted by Crippen LogP contribution is 2.25. The lowest BCUT2D eigenvalue weighted by Crippen LogP contribution is -2.13. The minimum absolute atomic E-state index is 0.156. The molecule has 11 heavy (non-hydrogen) atoms. The predicted molar refractivity (Wildman–Crippen MR) is 47.4 cm³/mol. The van der Waals surface area contributed by atoms with Crippen molar-refractivity contribution in [2.45, 2.75) is 45.6 Å². The topological polar surface area (TPSA) is 20.2 Å². The van der Waals surface area contributed by atoms with Gasteiger partial charge in [0, 0.05) is 0 Å². The highest BCUT2D eigenvalue weighted by atomic mass is 16.3. The van der Waals surface area contributed by atoms with E-state index in [4.69, 9.17) is 0 Å². The van der Waals surface area contributed by atoms with Gasteiger partial charge in [0.15, 0.2) is 0 Å². The van der Waals surface area contributed by atoms with Gasteiger partial charge in [-0.05, 0) is 38.5 Å². The maximum absolute atomic E-state index is 9.25. The summed E-state index contributed by atoms with van der Waals surface area (Å²) in [6.45, 7) is 3.99. The highest BCUT2D eigenvalue weighted by molar-refractivity contribution is 5.08. The van der Waals surface area contributed by atoms with Gasteiger partial charge < -0.3 is 5.11 Å². The van der Waals surface area contributed by atoms with Crippen LogP contribution in [0.25, 0.3) is 0 Å². The minimum Gasteiger partial charge on any atom is -0.393 e. The third kappa shape index (κ3) is 2.66. The summed E-state index contributed by atoms with van der Waals surface area (Å²) in [7, 11) is 0. The monoisotopic (exact) mass is 154 g/mol. The Morgan fingerprint density at radius 1 is 1.55 bits per heavy atom. The van der Waals surface area contributed by atoms with Crippen LogP contribution in [0.1, 0.15) is 39.5 Å². The minimum atomic E-state index is -0.156. The molecule has 1 nitrogen and oxygen atoms in total. The molecule has 0 saturated carbocycles. The molecule has 0 amide bonds. The molecule has 0 aromatic rings. The second-order valence-electron chi connectivity index (χ2n) is 3.68. The summed E-state index contributed by atoms with van der Waals surface area (Å²) in [5, 5.41) is 9.25. The van der Waals surface area contributed by atoms with Gasteiger partial charge in [0.1, 0.15) is 0 Å². The van der Waals surface area contributed by atoms with Crippen LogP contribution in [0.5, 0.6) is 0 Å². The van der Waals surface area contributed by atoms with Gasteiger partial charge in [0.05, 0.1) is 6.10 Å². The Hall–Kier alpha value is -0.300. The van der Waals surface area contributed by atoms with Crippen LogP contribution in [0.4, 0.5) is 0 Å². The molecule has 0 aromatic heterocycles. The lowest BCUT2D eigenvalue weighted by molar-refractivity contribution is 0.135. The molecule has 2 unspecified atom stereocenters. The zero-order chi connectivity index (χ0) is 8.27. The number of aliphatic hydroxyl groups is 1. The molecular formula is C10H18O. The second kappa shape index (κ2) is 3.91. The molecule has 1 aliphatic carbocycles. The van der Waals surface area contributed by atoms with Crippen LogP contribution in [-0.2, 0) is 0 Å². The average molecular weight is 154 g/mol. The molecule has 0 heterocycles. The zero-order valence-corrected chi connectivity index (χ0v) is 7.51. The van der Waals surface area contributed by atoms with Crippen molar-refractivity contribution in [3.63, 3.8) is 0 Å². The van der Waals surface area contributed by atoms with Crippen molar-refractivity contribution in [3.05, 3.63) is 11.6 Å². The standard InChI is InChI=1S/C10H18O/c1-8(9(2)11)7-10-5-3-4-6-10/h5,8-9,11H,3-4,6-7H2,1-2H3. The molecule has 0 spiro atoms. The van der Waals surface area contributed by atoms with Crippen LogP contribution < -0.4 is 0 Å². The van der Waals surface area contributed by atoms with E-state index in [1.54, 1.807) is 5.57 Å². The average Bonchev–Trinajstić information content (AvgIpc) is 2.39. The molecule has 1 aliphatic rings. The quantitative estimate of drug-likeness (QED) is 0.619. The Balaban J connectivity index is 2.29. The van der Waals surface area contributed by atoms with Gasteiger partial charge in [-0.2, -0.15) is 0 Å². The van der Waals surface area contributed by atoms with E-state index in [0.29, 0.717) is 5.92 Å². The molecule has 64 valence electrons. The van der Waals surface area contributed by atoms with E-state index in [-0.39, 0.29) is 6.10 Å². The normalized spacial score (nSPS) is 23.0. The molecule has 1 heteroatoms. The zero-order valence-electron chi connectivity index (χ0n) is 7.51. The first-order valence-electron chi connectivity index (χ1n) is 4.56. The van der Waals surface area contributed by atoms with E-state index in [0.717, 1.165) is 6.42 Å². The first kappa shape index (κ1) is 8.79. The van der Waals surface area contributed by atoms with Crippen LogP contribution in [0, 0.1) is 5.92 Å². The number of allylic oxidation sites excluding steroid dienone is 2. The lowest BCUT2D eigenvalue weighted by atomic mass is 9.96. The SMILES string of the molecule is CC(O)C(C)CC1=CCCC1. The Labute approximate surface area is 69.1 Å². The first-order chi connectivity index (χ1) is 5.20. The maximum atomic E-state index is 9.25. The van der Waals surface area contributed by atoms with Crippen molar-refractivity contribution in [2.75, 3.05) is 0 Å². The summed E-state index contributed by atoms with van der Waals surface area (Å²) in [5.74, 6) is 0.430. The van der Waals surface area contributed by atoms with Crippen LogP contribution >= 0.6 is 0 Å². The van der Waals surface area contributed by atoms with Crippen molar-refractivity contribution >= 4 is 0 Å². The van der Waals surface area contributed by atoms with E-state index in [1.165, 1.54) is 19.3 Å². The summed E-state index contributed by atoms with van der Waals surface area (Å²) >= 11 is 0. The largest absolute Gasteiger partial charge is 0.393 e. The highest BCUT2D eigenvalue weighted by Gasteiger charge is 2.12. The van der Waals surface area contributed by atoms with Crippen molar-refractivity contribution in [1.29, 1.82) is 0 Å². The molecule has 0 fully saturated rings. The Kier molecular flexibility index (Phi) is 3.13. The fourth-order valence-electron chi connectivity index (χ4n) is 1.51. The van der Waals surface area contributed by atoms with Gasteiger partial charge in [-0.15, -0.1) is 0 Å². The summed E-state index contributed by atoms with van der Waals surface area (Å²) in [6.07, 6.45) is 7.11. The van der Waals surface area contributed by atoms with Gasteiger partial charge in [0.25, 0.3) is 0 Å². The van der Waals surface area contributed by atoms with Crippen LogP contribution in [0.2, 0.25) is 0 Å². The molecule has 0 aliphatic heterocycles. The fourth-order valence-corrected chi connectivity index (χ4v) is 1.51. The molecule has 0 bridgehead atoms. The molecule has 1 rings (SSSR count). The van der Waals surface area contributed by atoms with Crippen LogP contribution in [0.15, 0.2) is 11.6 Å². The van der Waals surface area contributed by atoms with Crippen molar-refractivity contribution in [2.24, 2.45) is 5.92 Å². The van der Waals surface area contributed by atoms with E-state index < -0.39 is 0 Å². The molecule has 2 atom stereocenters. The molecule has 1 N–H and O–H groups in total. The van der Waals surface area contributed by atoms with Crippen LogP contribution in [-0.4, -0.2) is 11.2 Å². The fraction of sp³-hybridized carbons (Fsp3) is 0.800. The maximum Gasteiger partial charge on any atom is 0.0540 e. The molecular weight excluding hydrogens is 136 g/mol. The Bertz CT molecular complexity index is 147. The van der Waals surface area contributed by atoms with E-state index in [2.05, 4.69) is 13.0 Å². The third-order valence-corrected chi connectivity index (χ3v) is 2.54. The number of hydrogen-bond donors (Lipinski definition) is 1. The lowest BCUT2D eigenvalue weighted by Gasteiger charge is -2.14. The van der Waals surface area contributed by atoms with E-state index in [1.807, 2.05) is 6.92 Å². The van der Waals surface area contributed by atoms with Crippen molar-refractivity contribution < 1.29 is 5.11 Å². The summed E-state index contributed by atoms with van der Waals surface area (Å²) in [4.78, 5) is 0. The van der Waals surface area contributed by atoms with Gasteiger partial charge >= 0.3 is 0 Å². The summed E-state index contributed by atoms with van der Waals surface area (Å²) < 4.78 is 0. The Morgan fingerprint density at radius 3 is 2.73 bits per heavy atom. The van der Waals surface area contributed by atoms with Crippen LogP contribution in [0.3, 0.4) is 0 Å². The number of rotatable bonds is 3. The molecule has 0 saturated heterocycles.